The minimum absolute atomic E-state index is 0. The van der Waals surface area contributed by atoms with Gasteiger partial charge in [-0.3, -0.25) is 4.99 Å². The van der Waals surface area contributed by atoms with Crippen molar-refractivity contribution in [2.75, 3.05) is 11.9 Å². The van der Waals surface area contributed by atoms with Gasteiger partial charge in [-0.25, -0.2) is 0 Å². The van der Waals surface area contributed by atoms with Crippen LogP contribution in [-0.4, -0.2) is 27.3 Å². The molecule has 0 bridgehead atoms. The highest BCUT2D eigenvalue weighted by Crippen LogP contribution is 2.18. The van der Waals surface area contributed by atoms with Crippen molar-refractivity contribution in [3.8, 4) is 0 Å². The van der Waals surface area contributed by atoms with E-state index in [2.05, 4.69) is 51.1 Å². The van der Waals surface area contributed by atoms with Crippen molar-refractivity contribution >= 4 is 35.6 Å². The van der Waals surface area contributed by atoms with Crippen molar-refractivity contribution in [3.63, 3.8) is 0 Å². The Morgan fingerprint density at radius 1 is 1.26 bits per heavy atom. The quantitative estimate of drug-likeness (QED) is 0.281. The fraction of sp³-hybridized carbons (Fsp3) is 0.550. The summed E-state index contributed by atoms with van der Waals surface area (Å²) in [5.74, 6) is 3.19. The van der Waals surface area contributed by atoms with Crippen LogP contribution in [0.4, 0.5) is 5.69 Å². The Bertz CT molecular complexity index is 753. The summed E-state index contributed by atoms with van der Waals surface area (Å²) in [5.41, 5.74) is 8.30. The van der Waals surface area contributed by atoms with E-state index >= 15 is 0 Å². The average molecular weight is 482 g/mol. The van der Waals surface area contributed by atoms with Crippen LogP contribution in [0.15, 0.2) is 29.3 Å². The van der Waals surface area contributed by atoms with Crippen LogP contribution >= 0.6 is 24.0 Å². The van der Waals surface area contributed by atoms with Crippen LogP contribution in [0.2, 0.25) is 0 Å². The zero-order valence-electron chi connectivity index (χ0n) is 16.3. The molecule has 1 aliphatic rings. The van der Waals surface area contributed by atoms with Gasteiger partial charge < -0.3 is 15.6 Å². The average Bonchev–Trinajstić information content (AvgIpc) is 2.85. The smallest absolute Gasteiger partial charge is 0.193 e. The third-order valence-corrected chi connectivity index (χ3v) is 4.85. The molecule has 1 aromatic carbocycles. The van der Waals surface area contributed by atoms with Crippen molar-refractivity contribution in [2.24, 2.45) is 10.7 Å². The number of halogens is 1. The second-order valence-corrected chi connectivity index (χ2v) is 7.27. The summed E-state index contributed by atoms with van der Waals surface area (Å²) in [6, 6.07) is 8.31. The molecule has 1 aromatic heterocycles. The predicted molar refractivity (Wildman–Crippen MR) is 122 cm³/mol. The molecule has 0 amide bonds. The highest BCUT2D eigenvalue weighted by Gasteiger charge is 2.13. The van der Waals surface area contributed by atoms with Crippen LogP contribution in [0.5, 0.6) is 0 Å². The van der Waals surface area contributed by atoms with E-state index in [1.807, 2.05) is 12.1 Å². The lowest BCUT2D eigenvalue weighted by molar-refractivity contribution is 0.598. The van der Waals surface area contributed by atoms with E-state index in [4.69, 9.17) is 5.73 Å². The lowest BCUT2D eigenvalue weighted by atomic mass is 10.0. The number of fused-ring (bicyclic) bond motifs is 1. The van der Waals surface area contributed by atoms with Crippen LogP contribution in [0.1, 0.15) is 62.7 Å². The maximum Gasteiger partial charge on any atom is 0.193 e. The van der Waals surface area contributed by atoms with Gasteiger partial charge in [-0.15, -0.1) is 34.2 Å². The molecule has 3 rings (SSSR count). The Balaban J connectivity index is 0.00000261. The molecular weight excluding hydrogens is 451 g/mol. The maximum atomic E-state index is 6.03. The lowest BCUT2D eigenvalue weighted by Crippen LogP contribution is -2.23. The highest BCUT2D eigenvalue weighted by molar-refractivity contribution is 14.0. The molecule has 3 N–H and O–H groups in total. The molecule has 0 aliphatic carbocycles. The molecule has 0 radical (unpaired) electrons. The zero-order valence-corrected chi connectivity index (χ0v) is 18.6. The van der Waals surface area contributed by atoms with Gasteiger partial charge in [0.05, 0.1) is 0 Å². The van der Waals surface area contributed by atoms with E-state index in [0.29, 0.717) is 18.4 Å². The monoisotopic (exact) mass is 482 g/mol. The summed E-state index contributed by atoms with van der Waals surface area (Å²) in [6.45, 7) is 6.10. The highest BCUT2D eigenvalue weighted by atomic mass is 127. The number of aliphatic imine (C=N–C) groups is 1. The van der Waals surface area contributed by atoms with Gasteiger partial charge in [0.1, 0.15) is 11.6 Å². The summed E-state index contributed by atoms with van der Waals surface area (Å²) in [5, 5.41) is 11.9. The first kappa shape index (κ1) is 21.7. The van der Waals surface area contributed by atoms with E-state index in [1.54, 1.807) is 0 Å². The van der Waals surface area contributed by atoms with Gasteiger partial charge >= 0.3 is 0 Å². The van der Waals surface area contributed by atoms with Gasteiger partial charge in [0.25, 0.3) is 0 Å². The minimum atomic E-state index is 0. The summed E-state index contributed by atoms with van der Waals surface area (Å²) < 4.78 is 2.30. The number of hydrogen-bond acceptors (Lipinski definition) is 3. The van der Waals surface area contributed by atoms with Crippen molar-refractivity contribution in [1.29, 1.82) is 0 Å². The number of hydrogen-bond donors (Lipinski definition) is 2. The van der Waals surface area contributed by atoms with Gasteiger partial charge in [0.2, 0.25) is 0 Å². The molecule has 27 heavy (non-hydrogen) atoms. The minimum Gasteiger partial charge on any atom is -0.370 e. The van der Waals surface area contributed by atoms with Crippen LogP contribution < -0.4 is 11.1 Å². The topological polar surface area (TPSA) is 81.1 Å². The first-order valence-corrected chi connectivity index (χ1v) is 9.71. The fourth-order valence-corrected chi connectivity index (χ4v) is 3.33. The van der Waals surface area contributed by atoms with Crippen LogP contribution in [-0.2, 0) is 19.4 Å². The molecule has 0 saturated carbocycles. The second-order valence-electron chi connectivity index (χ2n) is 7.27. The summed E-state index contributed by atoms with van der Waals surface area (Å²) in [7, 11) is 0. The number of aryl methyl sites for hydroxylation is 2. The Kier molecular flexibility index (Phi) is 8.53. The van der Waals surface area contributed by atoms with Gasteiger partial charge in [-0.1, -0.05) is 32.4 Å². The summed E-state index contributed by atoms with van der Waals surface area (Å²) >= 11 is 0. The van der Waals surface area contributed by atoms with E-state index < -0.39 is 0 Å². The van der Waals surface area contributed by atoms with Crippen molar-refractivity contribution in [2.45, 2.75) is 64.8 Å². The Hall–Kier alpha value is -1.64. The molecule has 0 fully saturated rings. The Morgan fingerprint density at radius 2 is 2.11 bits per heavy atom. The first-order chi connectivity index (χ1) is 12.6. The van der Waals surface area contributed by atoms with E-state index in [1.165, 1.54) is 24.8 Å². The van der Waals surface area contributed by atoms with Crippen molar-refractivity contribution in [3.05, 3.63) is 41.5 Å². The molecule has 0 spiro atoms. The number of aromatic nitrogens is 3. The van der Waals surface area contributed by atoms with E-state index in [-0.39, 0.29) is 24.0 Å². The first-order valence-electron chi connectivity index (χ1n) is 9.71. The number of nitrogens with two attached hydrogens (primary N) is 1. The maximum absolute atomic E-state index is 6.03. The van der Waals surface area contributed by atoms with Crippen LogP contribution in [0.3, 0.4) is 0 Å². The molecule has 6 nitrogen and oxygen atoms in total. The Morgan fingerprint density at radius 3 is 2.93 bits per heavy atom. The van der Waals surface area contributed by atoms with Crippen LogP contribution in [0.25, 0.3) is 0 Å². The SMILES string of the molecule is CC(C)c1cccc(NC(N)=NCCCc2nnc3n2CCCCC3)c1.I. The number of nitrogens with one attached hydrogen (secondary N) is 1. The number of benzene rings is 1. The summed E-state index contributed by atoms with van der Waals surface area (Å²) in [4.78, 5) is 4.45. The standard InChI is InChI=1S/C20H30N6.HI/c1-15(2)16-8-6-9-17(14-16)23-20(21)22-12-7-11-19-25-24-18-10-4-3-5-13-26(18)19;/h6,8-9,14-15H,3-5,7,10-13H2,1-2H3,(H3,21,22,23);1H. The molecule has 0 saturated heterocycles. The number of guanidine groups is 1. The predicted octanol–water partition coefficient (Wildman–Crippen LogP) is 4.11. The summed E-state index contributed by atoms with van der Waals surface area (Å²) in [6.07, 6.45) is 6.61. The number of nitrogens with zero attached hydrogens (tertiary/aromatic N) is 4. The molecule has 2 heterocycles. The molecular formula is C20H31IN6. The number of rotatable bonds is 6. The van der Waals surface area contributed by atoms with Gasteiger partial charge in [0, 0.05) is 31.6 Å². The van der Waals surface area contributed by atoms with Crippen molar-refractivity contribution in [1.82, 2.24) is 14.8 Å². The molecule has 148 valence electrons. The zero-order chi connectivity index (χ0) is 18.4. The third-order valence-electron chi connectivity index (χ3n) is 4.85. The second kappa shape index (κ2) is 10.6. The Labute approximate surface area is 179 Å². The lowest BCUT2D eigenvalue weighted by Gasteiger charge is -2.10. The largest absolute Gasteiger partial charge is 0.370 e. The molecule has 2 aromatic rings. The van der Waals surface area contributed by atoms with Gasteiger partial charge in [0.15, 0.2) is 5.96 Å². The molecule has 1 aliphatic heterocycles. The van der Waals surface area contributed by atoms with Gasteiger partial charge in [-0.2, -0.15) is 0 Å². The van der Waals surface area contributed by atoms with E-state index in [9.17, 15) is 0 Å². The third kappa shape index (κ3) is 6.19. The van der Waals surface area contributed by atoms with E-state index in [0.717, 1.165) is 43.1 Å². The van der Waals surface area contributed by atoms with Crippen LogP contribution in [0, 0.1) is 0 Å². The fourth-order valence-electron chi connectivity index (χ4n) is 3.33. The molecule has 0 atom stereocenters. The van der Waals surface area contributed by atoms with Gasteiger partial charge in [-0.05, 0) is 42.9 Å². The van der Waals surface area contributed by atoms with Crippen molar-refractivity contribution < 1.29 is 0 Å². The number of anilines is 1. The molecule has 0 unspecified atom stereocenters. The normalized spacial score (nSPS) is 14.4. The molecule has 7 heteroatoms.